The number of rotatable bonds is 19. The Morgan fingerprint density at radius 3 is 2.21 bits per heavy atom. The van der Waals surface area contributed by atoms with Crippen LogP contribution in [0.5, 0.6) is 0 Å². The fraction of sp³-hybridized carbons (Fsp3) is 0.442. The number of piperazine rings is 2. The van der Waals surface area contributed by atoms with Gasteiger partial charge in [0.15, 0.2) is 0 Å². The normalized spacial score (nSPS) is 19.1. The smallest absolute Gasteiger partial charge is 0.382 e. The van der Waals surface area contributed by atoms with Crippen LogP contribution in [-0.2, 0) is 34.8 Å². The summed E-state index contributed by atoms with van der Waals surface area (Å²) >= 11 is 0. The van der Waals surface area contributed by atoms with Gasteiger partial charge in [-0.2, -0.15) is 13.2 Å². The van der Waals surface area contributed by atoms with Crippen LogP contribution in [0.2, 0.25) is 0 Å². The fourth-order valence-corrected chi connectivity index (χ4v) is 9.72. The zero-order chi connectivity index (χ0) is 55.1. The molecule has 2 aromatic carbocycles. The van der Waals surface area contributed by atoms with Crippen LogP contribution in [0.25, 0.3) is 11.1 Å². The number of likely N-dealkylation sites (N-methyl/N-ethyl adjacent to an activating group) is 1. The SMILES string of the molecule is C[C@@H]1CN(c2cc(F)c(-c3ccc(N4CCN(C(=O)CCC(=O)NCCOCCOCCNc5cccc6c5C(=O)N(C5CCC(=O)NC5=O)C6=O)CC4)nc3)cc2NC(=O)c2c[nH]c(=O)cc2C(F)(F)F)C[C@H](C)N1C. The van der Waals surface area contributed by atoms with Crippen molar-refractivity contribution in [2.75, 3.05) is 106 Å². The van der Waals surface area contributed by atoms with E-state index in [9.17, 15) is 51.5 Å². The molecule has 6 heterocycles. The summed E-state index contributed by atoms with van der Waals surface area (Å²) < 4.78 is 69.2. The highest BCUT2D eigenvalue weighted by atomic mass is 19.4. The molecule has 3 saturated heterocycles. The molecule has 0 bridgehead atoms. The number of carbonyl (C=O) groups is 7. The number of carbonyl (C=O) groups excluding carboxylic acids is 7. The lowest BCUT2D eigenvalue weighted by Crippen LogP contribution is -2.55. The highest BCUT2D eigenvalue weighted by molar-refractivity contribution is 6.25. The second-order valence-electron chi connectivity index (χ2n) is 19.1. The highest BCUT2D eigenvalue weighted by Gasteiger charge is 2.46. The number of fused-ring (bicyclic) bond motifs is 1. The van der Waals surface area contributed by atoms with Crippen molar-refractivity contribution in [1.29, 1.82) is 0 Å². The van der Waals surface area contributed by atoms with Gasteiger partial charge in [-0.3, -0.25) is 53.5 Å². The summed E-state index contributed by atoms with van der Waals surface area (Å²) in [5, 5.41) is 10.6. The largest absolute Gasteiger partial charge is 0.417 e. The van der Waals surface area contributed by atoms with Crippen LogP contribution in [0.4, 0.5) is 40.4 Å². The molecule has 77 heavy (non-hydrogen) atoms. The molecule has 3 atom stereocenters. The Balaban J connectivity index is 0.747. The highest BCUT2D eigenvalue weighted by Crippen LogP contribution is 2.38. The first-order valence-electron chi connectivity index (χ1n) is 25.2. The van der Waals surface area contributed by atoms with Gasteiger partial charge in [0.05, 0.1) is 60.1 Å². The summed E-state index contributed by atoms with van der Waals surface area (Å²) in [5.74, 6) is -4.09. The van der Waals surface area contributed by atoms with Crippen LogP contribution in [-0.4, -0.2) is 170 Å². The van der Waals surface area contributed by atoms with E-state index in [-0.39, 0.29) is 111 Å². The van der Waals surface area contributed by atoms with Crippen LogP contribution in [0.1, 0.15) is 76.2 Å². The van der Waals surface area contributed by atoms with E-state index in [0.29, 0.717) is 75.1 Å². The van der Waals surface area contributed by atoms with E-state index >= 15 is 4.39 Å². The number of amides is 7. The molecule has 3 fully saturated rings. The molecule has 0 radical (unpaired) electrons. The van der Waals surface area contributed by atoms with Gasteiger partial charge in [0.2, 0.25) is 29.2 Å². The zero-order valence-corrected chi connectivity index (χ0v) is 42.6. The number of pyridine rings is 2. The number of piperidine rings is 1. The third-order valence-electron chi connectivity index (χ3n) is 14.1. The summed E-state index contributed by atoms with van der Waals surface area (Å²) in [4.78, 5) is 116. The first-order chi connectivity index (χ1) is 36.8. The van der Waals surface area contributed by atoms with Crippen LogP contribution in [0.3, 0.4) is 0 Å². The summed E-state index contributed by atoms with van der Waals surface area (Å²) in [6.07, 6.45) is -2.78. The van der Waals surface area contributed by atoms with E-state index in [1.165, 1.54) is 24.4 Å². The van der Waals surface area contributed by atoms with E-state index < -0.39 is 64.3 Å². The van der Waals surface area contributed by atoms with Crippen molar-refractivity contribution in [3.63, 3.8) is 0 Å². The lowest BCUT2D eigenvalue weighted by atomic mass is 10.0. The van der Waals surface area contributed by atoms with Crippen molar-refractivity contribution < 1.29 is 60.6 Å². The first kappa shape index (κ1) is 55.5. The van der Waals surface area contributed by atoms with E-state index in [1.54, 1.807) is 29.2 Å². The number of aromatic amines is 1. The molecule has 0 spiro atoms. The van der Waals surface area contributed by atoms with Crippen molar-refractivity contribution in [2.45, 2.75) is 63.8 Å². The molecule has 25 heteroatoms. The summed E-state index contributed by atoms with van der Waals surface area (Å²) in [6.45, 7) is 7.88. The van der Waals surface area contributed by atoms with Gasteiger partial charge in [0, 0.05) is 119 Å². The predicted molar refractivity (Wildman–Crippen MR) is 273 cm³/mol. The quantitative estimate of drug-likeness (QED) is 0.0513. The molecule has 4 aromatic rings. The van der Waals surface area contributed by atoms with Gasteiger partial charge < -0.3 is 45.1 Å². The topological polar surface area (TPSA) is 248 Å². The minimum absolute atomic E-state index is 0.00384. The Morgan fingerprint density at radius 1 is 0.818 bits per heavy atom. The monoisotopic (exact) mass is 1070 g/mol. The molecule has 7 amide bonds. The van der Waals surface area contributed by atoms with Crippen LogP contribution in [0.15, 0.2) is 65.7 Å². The number of nitrogens with one attached hydrogen (secondary N) is 5. The number of halogens is 4. The molecule has 21 nitrogen and oxygen atoms in total. The lowest BCUT2D eigenvalue weighted by molar-refractivity contribution is -0.138. The third kappa shape index (κ3) is 12.9. The number of anilines is 4. The number of benzene rings is 2. The molecule has 410 valence electrons. The number of H-pyrrole nitrogens is 1. The number of hydrogen-bond acceptors (Lipinski definition) is 15. The average molecular weight is 1070 g/mol. The Hall–Kier alpha value is -7.77. The lowest BCUT2D eigenvalue weighted by Gasteiger charge is -2.44. The molecule has 1 unspecified atom stereocenters. The zero-order valence-electron chi connectivity index (χ0n) is 42.6. The summed E-state index contributed by atoms with van der Waals surface area (Å²) in [7, 11) is 1.96. The standard InChI is InChI=1S/C52H59F4N11O10/c1-30-28-66(29-31(2)63(30)3)41-25-37(53)34(23-39(41)61-48(72)35-27-60-45(70)24-36(35)52(54,55)56)32-7-9-42(59-26-32)64-15-17-65(18-16-64)46(71)12-11-43(68)58-14-20-77-22-21-76-19-13-57-38-6-4-5-33-47(38)51(75)67(50(33)74)40-8-10-44(69)62-49(40)73/h4-7,9,23-27,30-31,40,57H,8,10-22,28-29H2,1-3H3,(H,58,68)(H,60,70)(H,61,72)(H,62,69,73)/t30-,31+,40?. The first-order valence-corrected chi connectivity index (χ1v) is 25.2. The van der Waals surface area contributed by atoms with E-state index in [1.807, 2.05) is 30.7 Å². The number of nitrogens with zero attached hydrogens (tertiary/aromatic N) is 6. The van der Waals surface area contributed by atoms with Gasteiger partial charge in [-0.15, -0.1) is 0 Å². The van der Waals surface area contributed by atoms with Crippen molar-refractivity contribution >= 4 is 64.2 Å². The van der Waals surface area contributed by atoms with E-state index in [0.717, 1.165) is 4.90 Å². The van der Waals surface area contributed by atoms with Crippen LogP contribution >= 0.6 is 0 Å². The summed E-state index contributed by atoms with van der Waals surface area (Å²) in [6, 6.07) is 10.0. The Kier molecular flexibility index (Phi) is 17.3. The maximum absolute atomic E-state index is 16.2. The van der Waals surface area contributed by atoms with Gasteiger partial charge in [-0.1, -0.05) is 6.07 Å². The van der Waals surface area contributed by atoms with Gasteiger partial charge in [0.1, 0.15) is 17.7 Å². The van der Waals surface area contributed by atoms with Gasteiger partial charge in [0.25, 0.3) is 17.7 Å². The van der Waals surface area contributed by atoms with Crippen molar-refractivity contribution in [3.05, 3.63) is 99.3 Å². The minimum Gasteiger partial charge on any atom is -0.382 e. The van der Waals surface area contributed by atoms with Crippen LogP contribution < -0.4 is 36.6 Å². The second-order valence-corrected chi connectivity index (χ2v) is 19.1. The van der Waals surface area contributed by atoms with Gasteiger partial charge in [-0.05, 0) is 63.7 Å². The summed E-state index contributed by atoms with van der Waals surface area (Å²) in [5.41, 5.74) is -1.82. The van der Waals surface area contributed by atoms with E-state index in [2.05, 4.69) is 36.1 Å². The molecule has 4 aliphatic rings. The Morgan fingerprint density at radius 2 is 1.53 bits per heavy atom. The number of alkyl halides is 3. The molecular formula is C52H59F4N11O10. The second kappa shape index (κ2) is 24.1. The predicted octanol–water partition coefficient (Wildman–Crippen LogP) is 3.47. The van der Waals surface area contributed by atoms with Crippen molar-refractivity contribution in [2.24, 2.45) is 0 Å². The molecule has 0 aliphatic carbocycles. The maximum atomic E-state index is 16.2. The average Bonchev–Trinajstić information content (AvgIpc) is 3.70. The number of aromatic nitrogens is 2. The molecule has 8 rings (SSSR count). The minimum atomic E-state index is -5.00. The number of hydrogen-bond donors (Lipinski definition) is 5. The van der Waals surface area contributed by atoms with Crippen molar-refractivity contribution in [3.8, 4) is 11.1 Å². The fourth-order valence-electron chi connectivity index (χ4n) is 9.72. The van der Waals surface area contributed by atoms with Crippen molar-refractivity contribution in [1.82, 2.24) is 35.3 Å². The molecule has 2 aromatic heterocycles. The number of imide groups is 2. The molecular weight excluding hydrogens is 1010 g/mol. The van der Waals surface area contributed by atoms with E-state index in [4.69, 9.17) is 9.47 Å². The number of ether oxygens (including phenoxy) is 2. The maximum Gasteiger partial charge on any atom is 0.417 e. The molecule has 0 saturated carbocycles. The van der Waals surface area contributed by atoms with Gasteiger partial charge >= 0.3 is 6.18 Å². The Labute approximate surface area is 439 Å². The molecule has 5 N–H and O–H groups in total. The van der Waals surface area contributed by atoms with Crippen LogP contribution in [0, 0.1) is 5.82 Å². The molecule has 4 aliphatic heterocycles. The third-order valence-corrected chi connectivity index (χ3v) is 14.1. The Bertz CT molecular complexity index is 2960. The van der Waals surface area contributed by atoms with Gasteiger partial charge in [-0.25, -0.2) is 9.37 Å².